The Morgan fingerprint density at radius 2 is 1.70 bits per heavy atom. The second-order valence-electron chi connectivity index (χ2n) is 7.59. The van der Waals surface area contributed by atoms with Gasteiger partial charge in [0.15, 0.2) is 11.5 Å². The number of hydrogen-bond acceptors (Lipinski definition) is 4. The van der Waals surface area contributed by atoms with Gasteiger partial charge in [0.1, 0.15) is 19.0 Å². The van der Waals surface area contributed by atoms with Gasteiger partial charge in [-0.1, -0.05) is 44.5 Å². The van der Waals surface area contributed by atoms with Gasteiger partial charge in [-0.15, -0.1) is 0 Å². The number of ether oxygens (including phenoxy) is 3. The molecule has 0 saturated carbocycles. The van der Waals surface area contributed by atoms with Crippen LogP contribution in [0.3, 0.4) is 0 Å². The smallest absolute Gasteiger partial charge is 0.179 e. The van der Waals surface area contributed by atoms with E-state index in [4.69, 9.17) is 31.5 Å². The Kier molecular flexibility index (Phi) is 7.40. The number of benzene rings is 2. The monoisotopic (exact) mass is 391 g/mol. The molecule has 0 bridgehead atoms. The lowest BCUT2D eigenvalue weighted by molar-refractivity contribution is 0.208. The number of halogens is 1. The van der Waals surface area contributed by atoms with Crippen molar-refractivity contribution in [3.63, 3.8) is 0 Å². The molecule has 0 aliphatic heterocycles. The van der Waals surface area contributed by atoms with E-state index >= 15 is 0 Å². The fraction of sp³-hybridized carbons (Fsp3) is 0.455. The summed E-state index contributed by atoms with van der Waals surface area (Å²) in [5, 5.41) is 0.517. The lowest BCUT2D eigenvalue weighted by Gasteiger charge is -2.23. The highest BCUT2D eigenvalue weighted by atomic mass is 35.5. The van der Waals surface area contributed by atoms with E-state index in [-0.39, 0.29) is 5.41 Å². The average molecular weight is 392 g/mol. The number of aryl methyl sites for hydroxylation is 1. The van der Waals surface area contributed by atoms with Crippen LogP contribution in [0.1, 0.15) is 37.5 Å². The summed E-state index contributed by atoms with van der Waals surface area (Å²) in [5.74, 6) is 2.03. The SMILES string of the molecule is COc1cc(CCN)cc(Cl)c1OCCOc1cc(C)ccc1C(C)(C)C. The van der Waals surface area contributed by atoms with E-state index in [9.17, 15) is 0 Å². The van der Waals surface area contributed by atoms with Crippen molar-refractivity contribution < 1.29 is 14.2 Å². The van der Waals surface area contributed by atoms with Crippen LogP contribution in [0.5, 0.6) is 17.2 Å². The lowest BCUT2D eigenvalue weighted by atomic mass is 9.86. The molecule has 0 aliphatic rings. The Morgan fingerprint density at radius 1 is 1.00 bits per heavy atom. The van der Waals surface area contributed by atoms with E-state index in [0.717, 1.165) is 17.7 Å². The van der Waals surface area contributed by atoms with Gasteiger partial charge in [-0.25, -0.2) is 0 Å². The number of hydrogen-bond donors (Lipinski definition) is 1. The zero-order chi connectivity index (χ0) is 20.0. The van der Waals surface area contributed by atoms with Gasteiger partial charge < -0.3 is 19.9 Å². The van der Waals surface area contributed by atoms with Crippen LogP contribution in [0.2, 0.25) is 5.02 Å². The largest absolute Gasteiger partial charge is 0.493 e. The van der Waals surface area contributed by atoms with Gasteiger partial charge in [0, 0.05) is 0 Å². The molecule has 148 valence electrons. The maximum atomic E-state index is 6.36. The van der Waals surface area contributed by atoms with Crippen LogP contribution in [0.4, 0.5) is 0 Å². The highest BCUT2D eigenvalue weighted by molar-refractivity contribution is 6.32. The molecule has 27 heavy (non-hydrogen) atoms. The number of methoxy groups -OCH3 is 1. The highest BCUT2D eigenvalue weighted by Gasteiger charge is 2.19. The van der Waals surface area contributed by atoms with Gasteiger partial charge in [0.2, 0.25) is 0 Å². The minimum Gasteiger partial charge on any atom is -0.493 e. The predicted molar refractivity (Wildman–Crippen MR) is 112 cm³/mol. The van der Waals surface area contributed by atoms with Gasteiger partial charge >= 0.3 is 0 Å². The van der Waals surface area contributed by atoms with Crippen molar-refractivity contribution in [1.29, 1.82) is 0 Å². The van der Waals surface area contributed by atoms with Gasteiger partial charge in [-0.05, 0) is 60.2 Å². The first-order chi connectivity index (χ1) is 12.8. The Bertz CT molecular complexity index is 769. The predicted octanol–water partition coefficient (Wildman–Crippen LogP) is 4.91. The van der Waals surface area contributed by atoms with E-state index in [2.05, 4.69) is 45.9 Å². The molecule has 0 atom stereocenters. The number of nitrogens with two attached hydrogens (primary N) is 1. The highest BCUT2D eigenvalue weighted by Crippen LogP contribution is 2.37. The summed E-state index contributed by atoms with van der Waals surface area (Å²) in [7, 11) is 1.60. The first-order valence-electron chi connectivity index (χ1n) is 9.19. The molecule has 0 radical (unpaired) electrons. The van der Waals surface area contributed by atoms with Crippen molar-refractivity contribution >= 4 is 11.6 Å². The van der Waals surface area contributed by atoms with E-state index in [0.29, 0.717) is 36.3 Å². The van der Waals surface area contributed by atoms with Gasteiger partial charge in [0.25, 0.3) is 0 Å². The average Bonchev–Trinajstić information content (AvgIpc) is 2.59. The van der Waals surface area contributed by atoms with Crippen molar-refractivity contribution in [1.82, 2.24) is 0 Å². The summed E-state index contributed by atoms with van der Waals surface area (Å²) < 4.78 is 17.3. The van der Waals surface area contributed by atoms with Gasteiger partial charge in [0.05, 0.1) is 12.1 Å². The second kappa shape index (κ2) is 9.34. The standard InChI is InChI=1S/C22H30ClNO3/c1-15-6-7-17(22(2,3)4)19(12-15)26-10-11-27-21-18(23)13-16(8-9-24)14-20(21)25-5/h6-7,12-14H,8-11,24H2,1-5H3. The summed E-state index contributed by atoms with van der Waals surface area (Å²) >= 11 is 6.36. The van der Waals surface area contributed by atoms with Crippen molar-refractivity contribution in [3.05, 3.63) is 52.0 Å². The van der Waals surface area contributed by atoms with E-state index < -0.39 is 0 Å². The molecule has 4 nitrogen and oxygen atoms in total. The minimum atomic E-state index is 0.00917. The van der Waals surface area contributed by atoms with Crippen LogP contribution in [-0.2, 0) is 11.8 Å². The van der Waals surface area contributed by atoms with E-state index in [1.807, 2.05) is 12.1 Å². The lowest BCUT2D eigenvalue weighted by Crippen LogP contribution is -2.16. The quantitative estimate of drug-likeness (QED) is 0.649. The third kappa shape index (κ3) is 5.78. The maximum Gasteiger partial charge on any atom is 0.179 e. The van der Waals surface area contributed by atoms with Crippen molar-refractivity contribution in [3.8, 4) is 17.2 Å². The van der Waals surface area contributed by atoms with E-state index in [1.54, 1.807) is 7.11 Å². The molecular weight excluding hydrogens is 362 g/mol. The van der Waals surface area contributed by atoms with Crippen molar-refractivity contribution in [2.24, 2.45) is 5.73 Å². The summed E-state index contributed by atoms with van der Waals surface area (Å²) in [6.45, 7) is 9.92. The molecule has 2 aromatic carbocycles. The van der Waals surface area contributed by atoms with Crippen LogP contribution in [0, 0.1) is 6.92 Å². The summed E-state index contributed by atoms with van der Waals surface area (Å²) in [5.41, 5.74) is 8.99. The first-order valence-corrected chi connectivity index (χ1v) is 9.57. The molecule has 5 heteroatoms. The summed E-state index contributed by atoms with van der Waals surface area (Å²) in [4.78, 5) is 0. The van der Waals surface area contributed by atoms with E-state index in [1.165, 1.54) is 11.1 Å². The molecule has 0 saturated heterocycles. The third-order valence-electron chi connectivity index (χ3n) is 4.25. The Balaban J connectivity index is 2.05. The molecule has 0 aliphatic carbocycles. The Morgan fingerprint density at radius 3 is 2.33 bits per heavy atom. The minimum absolute atomic E-state index is 0.00917. The molecule has 2 aromatic rings. The zero-order valence-electron chi connectivity index (χ0n) is 16.9. The van der Waals surface area contributed by atoms with Gasteiger partial charge in [-0.3, -0.25) is 0 Å². The molecule has 0 unspecified atom stereocenters. The van der Waals surface area contributed by atoms with Crippen LogP contribution >= 0.6 is 11.6 Å². The second-order valence-corrected chi connectivity index (χ2v) is 8.00. The fourth-order valence-corrected chi connectivity index (χ4v) is 3.18. The van der Waals surface area contributed by atoms with Crippen LogP contribution in [0.25, 0.3) is 0 Å². The van der Waals surface area contributed by atoms with Crippen LogP contribution in [-0.4, -0.2) is 26.9 Å². The molecule has 0 heterocycles. The number of rotatable bonds is 8. The Hall–Kier alpha value is -1.91. The summed E-state index contributed by atoms with van der Waals surface area (Å²) in [6, 6.07) is 10.1. The third-order valence-corrected chi connectivity index (χ3v) is 4.54. The first kappa shape index (κ1) is 21.4. The molecular formula is C22H30ClNO3. The van der Waals surface area contributed by atoms with Crippen molar-refractivity contribution in [2.75, 3.05) is 26.9 Å². The van der Waals surface area contributed by atoms with Crippen molar-refractivity contribution in [2.45, 2.75) is 39.5 Å². The maximum absolute atomic E-state index is 6.36. The van der Waals surface area contributed by atoms with Crippen LogP contribution < -0.4 is 19.9 Å². The molecule has 2 N–H and O–H groups in total. The topological polar surface area (TPSA) is 53.7 Å². The molecule has 0 amide bonds. The zero-order valence-corrected chi connectivity index (χ0v) is 17.7. The normalized spacial score (nSPS) is 11.4. The Labute approximate surface area is 167 Å². The molecule has 0 spiro atoms. The molecule has 2 rings (SSSR count). The fourth-order valence-electron chi connectivity index (χ4n) is 2.89. The summed E-state index contributed by atoms with van der Waals surface area (Å²) in [6.07, 6.45) is 0.739. The molecule has 0 fully saturated rings. The molecule has 0 aromatic heterocycles. The van der Waals surface area contributed by atoms with Gasteiger partial charge in [-0.2, -0.15) is 0 Å². The van der Waals surface area contributed by atoms with Crippen LogP contribution in [0.15, 0.2) is 30.3 Å².